The van der Waals surface area contributed by atoms with Crippen LogP contribution in [0.15, 0.2) is 66.7 Å². The highest BCUT2D eigenvalue weighted by Crippen LogP contribution is 2.03. The summed E-state index contributed by atoms with van der Waals surface area (Å²) >= 11 is 0. The van der Waals surface area contributed by atoms with Gasteiger partial charge in [0.15, 0.2) is 6.23 Å². The van der Waals surface area contributed by atoms with Gasteiger partial charge in [-0.15, -0.1) is 0 Å². The van der Waals surface area contributed by atoms with Crippen LogP contribution in [0.3, 0.4) is 0 Å². The highest BCUT2D eigenvalue weighted by atomic mass is 16.3. The van der Waals surface area contributed by atoms with E-state index in [1.165, 1.54) is 6.08 Å². The second kappa shape index (κ2) is 7.17. The molecule has 0 heterocycles. The summed E-state index contributed by atoms with van der Waals surface area (Å²) in [6.45, 7) is 0. The maximum atomic E-state index is 11.9. The molecule has 0 aliphatic carbocycles. The molecule has 0 aliphatic rings. The number of benzene rings is 2. The van der Waals surface area contributed by atoms with Crippen LogP contribution in [0, 0.1) is 0 Å². The first-order chi connectivity index (χ1) is 10.2. The third kappa shape index (κ3) is 4.40. The SMILES string of the molecule is O=C(/C=C/c1ccccc1)N[C@H](O)C(=O)c1ccccc1. The van der Waals surface area contributed by atoms with E-state index in [1.54, 1.807) is 36.4 Å². The van der Waals surface area contributed by atoms with Crippen LogP contribution in [0.2, 0.25) is 0 Å². The number of amides is 1. The van der Waals surface area contributed by atoms with Crippen LogP contribution in [0.25, 0.3) is 6.08 Å². The highest BCUT2D eigenvalue weighted by Gasteiger charge is 2.17. The first kappa shape index (κ1) is 14.7. The van der Waals surface area contributed by atoms with Gasteiger partial charge < -0.3 is 10.4 Å². The first-order valence-corrected chi connectivity index (χ1v) is 6.48. The highest BCUT2D eigenvalue weighted by molar-refractivity contribution is 6.02. The molecule has 4 nitrogen and oxygen atoms in total. The number of Topliss-reactive ketones (excluding diaryl/α,β-unsaturated/α-hetero) is 1. The molecular formula is C17H15NO3. The van der Waals surface area contributed by atoms with Crippen LogP contribution in [0.1, 0.15) is 15.9 Å². The average Bonchev–Trinajstić information content (AvgIpc) is 2.54. The molecular weight excluding hydrogens is 266 g/mol. The van der Waals surface area contributed by atoms with Crippen molar-refractivity contribution in [2.75, 3.05) is 0 Å². The van der Waals surface area contributed by atoms with Gasteiger partial charge in [0.1, 0.15) is 0 Å². The van der Waals surface area contributed by atoms with Crippen molar-refractivity contribution in [3.63, 3.8) is 0 Å². The van der Waals surface area contributed by atoms with Crippen molar-refractivity contribution >= 4 is 17.8 Å². The van der Waals surface area contributed by atoms with Crippen LogP contribution in [0.4, 0.5) is 0 Å². The van der Waals surface area contributed by atoms with Crippen LogP contribution in [0.5, 0.6) is 0 Å². The van der Waals surface area contributed by atoms with E-state index in [9.17, 15) is 14.7 Å². The maximum Gasteiger partial charge on any atom is 0.246 e. The van der Waals surface area contributed by atoms with Crippen molar-refractivity contribution in [3.8, 4) is 0 Å². The molecule has 2 aromatic carbocycles. The Balaban J connectivity index is 1.93. The zero-order valence-electron chi connectivity index (χ0n) is 11.3. The van der Waals surface area contributed by atoms with Crippen LogP contribution >= 0.6 is 0 Å². The molecule has 2 rings (SSSR count). The van der Waals surface area contributed by atoms with E-state index in [0.29, 0.717) is 5.56 Å². The van der Waals surface area contributed by atoms with E-state index in [0.717, 1.165) is 5.56 Å². The van der Waals surface area contributed by atoms with Crippen molar-refractivity contribution < 1.29 is 14.7 Å². The molecule has 4 heteroatoms. The second-order valence-corrected chi connectivity index (χ2v) is 4.39. The Labute approximate surface area is 122 Å². The lowest BCUT2D eigenvalue weighted by Crippen LogP contribution is -2.39. The number of aliphatic hydroxyl groups excluding tert-OH is 1. The molecule has 0 saturated heterocycles. The fourth-order valence-electron chi connectivity index (χ4n) is 1.74. The largest absolute Gasteiger partial charge is 0.367 e. The predicted octanol–water partition coefficient (Wildman–Crippen LogP) is 2.02. The molecule has 0 unspecified atom stereocenters. The Bertz CT molecular complexity index is 636. The molecule has 2 N–H and O–H groups in total. The summed E-state index contributed by atoms with van der Waals surface area (Å²) in [4.78, 5) is 23.5. The average molecular weight is 281 g/mol. The van der Waals surface area contributed by atoms with Gasteiger partial charge >= 0.3 is 0 Å². The van der Waals surface area contributed by atoms with Gasteiger partial charge in [-0.3, -0.25) is 9.59 Å². The predicted molar refractivity (Wildman–Crippen MR) is 80.4 cm³/mol. The Kier molecular flexibility index (Phi) is 5.01. The zero-order valence-corrected chi connectivity index (χ0v) is 11.3. The van der Waals surface area contributed by atoms with Crippen LogP contribution < -0.4 is 5.32 Å². The Hall–Kier alpha value is -2.72. The van der Waals surface area contributed by atoms with E-state index < -0.39 is 17.9 Å². The van der Waals surface area contributed by atoms with Crippen molar-refractivity contribution in [2.24, 2.45) is 0 Å². The van der Waals surface area contributed by atoms with Gasteiger partial charge in [0.2, 0.25) is 11.7 Å². The third-order valence-electron chi connectivity index (χ3n) is 2.81. The minimum Gasteiger partial charge on any atom is -0.367 e. The Morgan fingerprint density at radius 1 is 0.952 bits per heavy atom. The molecule has 0 radical (unpaired) electrons. The molecule has 106 valence electrons. The molecule has 0 aliphatic heterocycles. The molecule has 0 spiro atoms. The standard InChI is InChI=1S/C17H15NO3/c19-15(12-11-13-7-3-1-4-8-13)18-17(21)16(20)14-9-5-2-6-10-14/h1-12,17,21H,(H,18,19)/b12-11+/t17-/m1/s1. The fraction of sp³-hybridized carbons (Fsp3) is 0.0588. The lowest BCUT2D eigenvalue weighted by atomic mass is 10.1. The van der Waals surface area contributed by atoms with E-state index in [4.69, 9.17) is 0 Å². The fourth-order valence-corrected chi connectivity index (χ4v) is 1.74. The van der Waals surface area contributed by atoms with Crippen LogP contribution in [-0.2, 0) is 4.79 Å². The van der Waals surface area contributed by atoms with Gasteiger partial charge in [0.05, 0.1) is 0 Å². The van der Waals surface area contributed by atoms with Crippen molar-refractivity contribution in [1.29, 1.82) is 0 Å². The Morgan fingerprint density at radius 3 is 2.14 bits per heavy atom. The van der Waals surface area contributed by atoms with Gasteiger partial charge in [-0.2, -0.15) is 0 Å². The molecule has 0 fully saturated rings. The minimum atomic E-state index is -1.56. The topological polar surface area (TPSA) is 66.4 Å². The lowest BCUT2D eigenvalue weighted by molar-refractivity contribution is -0.118. The maximum absolute atomic E-state index is 11.9. The number of hydrogen-bond donors (Lipinski definition) is 2. The quantitative estimate of drug-likeness (QED) is 0.500. The molecule has 0 bridgehead atoms. The number of carbonyl (C=O) groups is 2. The third-order valence-corrected chi connectivity index (χ3v) is 2.81. The summed E-state index contributed by atoms with van der Waals surface area (Å²) in [5, 5.41) is 12.0. The number of aliphatic hydroxyl groups is 1. The van der Waals surface area contributed by atoms with E-state index >= 15 is 0 Å². The van der Waals surface area contributed by atoms with Crippen molar-refractivity contribution in [2.45, 2.75) is 6.23 Å². The second-order valence-electron chi connectivity index (χ2n) is 4.39. The molecule has 21 heavy (non-hydrogen) atoms. The van der Waals surface area contributed by atoms with Gasteiger partial charge in [-0.25, -0.2) is 0 Å². The lowest BCUT2D eigenvalue weighted by Gasteiger charge is -2.10. The van der Waals surface area contributed by atoms with E-state index in [2.05, 4.69) is 5.32 Å². The number of rotatable bonds is 5. The van der Waals surface area contributed by atoms with Gasteiger partial charge in [0.25, 0.3) is 0 Å². The van der Waals surface area contributed by atoms with Gasteiger partial charge in [0, 0.05) is 11.6 Å². The summed E-state index contributed by atoms with van der Waals surface area (Å²) in [6, 6.07) is 17.6. The summed E-state index contributed by atoms with van der Waals surface area (Å²) in [7, 11) is 0. The molecule has 0 saturated carbocycles. The molecule has 0 aromatic heterocycles. The first-order valence-electron chi connectivity index (χ1n) is 6.48. The molecule has 2 aromatic rings. The normalized spacial score (nSPS) is 12.0. The number of ketones is 1. The molecule has 1 amide bonds. The number of carbonyl (C=O) groups excluding carboxylic acids is 2. The smallest absolute Gasteiger partial charge is 0.246 e. The molecule has 1 atom stereocenters. The van der Waals surface area contributed by atoms with Gasteiger partial charge in [-0.05, 0) is 11.6 Å². The summed E-state index contributed by atoms with van der Waals surface area (Å²) in [6.07, 6.45) is 1.33. The summed E-state index contributed by atoms with van der Waals surface area (Å²) < 4.78 is 0. The Morgan fingerprint density at radius 2 is 1.52 bits per heavy atom. The zero-order chi connectivity index (χ0) is 15.1. The summed E-state index contributed by atoms with van der Waals surface area (Å²) in [5.74, 6) is -1.08. The van der Waals surface area contributed by atoms with Gasteiger partial charge in [-0.1, -0.05) is 60.7 Å². The monoisotopic (exact) mass is 281 g/mol. The van der Waals surface area contributed by atoms with E-state index in [1.807, 2.05) is 30.3 Å². The minimum absolute atomic E-state index is 0.345. The van der Waals surface area contributed by atoms with Crippen molar-refractivity contribution in [1.82, 2.24) is 5.32 Å². The van der Waals surface area contributed by atoms with E-state index in [-0.39, 0.29) is 0 Å². The van der Waals surface area contributed by atoms with Crippen molar-refractivity contribution in [3.05, 3.63) is 77.9 Å². The summed E-state index contributed by atoms with van der Waals surface area (Å²) in [5.41, 5.74) is 1.20. The number of hydrogen-bond acceptors (Lipinski definition) is 3. The number of nitrogens with one attached hydrogen (secondary N) is 1. The van der Waals surface area contributed by atoms with Crippen LogP contribution in [-0.4, -0.2) is 23.0 Å².